The van der Waals surface area contributed by atoms with Crippen LogP contribution in [0, 0.1) is 24.2 Å². The summed E-state index contributed by atoms with van der Waals surface area (Å²) in [5.41, 5.74) is 4.39. The summed E-state index contributed by atoms with van der Waals surface area (Å²) in [5.74, 6) is 1.57. The molecule has 1 unspecified atom stereocenters. The molecule has 11 heteroatoms. The van der Waals surface area contributed by atoms with Gasteiger partial charge in [0.25, 0.3) is 0 Å². The number of amides is 1. The molecular weight excluding hydrogens is 597 g/mol. The molecule has 3 aromatic rings. The second-order valence-corrected chi connectivity index (χ2v) is 14.8. The lowest BCUT2D eigenvalue weighted by molar-refractivity contribution is -0.128. The second-order valence-electron chi connectivity index (χ2n) is 13.2. The summed E-state index contributed by atoms with van der Waals surface area (Å²) in [4.78, 5) is 35.9. The lowest BCUT2D eigenvalue weighted by Crippen LogP contribution is -2.55. The van der Waals surface area contributed by atoms with E-state index in [1.165, 1.54) is 29.9 Å². The van der Waals surface area contributed by atoms with Gasteiger partial charge < -0.3 is 19.4 Å². The number of likely N-dealkylation sites (N-methyl/N-ethyl adjacent to an activating group) is 1. The Labute approximate surface area is 275 Å². The first-order chi connectivity index (χ1) is 22.3. The number of anilines is 2. The Morgan fingerprint density at radius 3 is 2.87 bits per heavy atom. The average Bonchev–Trinajstić information content (AvgIpc) is 4.00. The molecule has 1 aliphatic carbocycles. The predicted molar refractivity (Wildman–Crippen MR) is 182 cm³/mol. The molecule has 1 amide bonds. The molecule has 1 aromatic carbocycles. The minimum absolute atomic E-state index is 0.140. The largest absolute Gasteiger partial charge is 0.462 e. The monoisotopic (exact) mass is 638 g/mol. The minimum Gasteiger partial charge on any atom is -0.462 e. The molecule has 4 aliphatic rings. The average molecular weight is 639 g/mol. The fourth-order valence-corrected chi connectivity index (χ4v) is 8.88. The van der Waals surface area contributed by atoms with Gasteiger partial charge in [-0.3, -0.25) is 14.7 Å². The molecule has 46 heavy (non-hydrogen) atoms. The molecule has 3 fully saturated rings. The molecule has 7 rings (SSSR count). The van der Waals surface area contributed by atoms with Crippen LogP contribution in [-0.2, 0) is 17.8 Å². The van der Waals surface area contributed by atoms with Gasteiger partial charge in [-0.2, -0.15) is 15.2 Å². The molecule has 0 spiro atoms. The Hall–Kier alpha value is -3.88. The summed E-state index contributed by atoms with van der Waals surface area (Å²) in [7, 11) is 2.19. The Morgan fingerprint density at radius 1 is 1.24 bits per heavy atom. The van der Waals surface area contributed by atoms with Crippen LogP contribution in [0.3, 0.4) is 0 Å². The van der Waals surface area contributed by atoms with Gasteiger partial charge in [-0.1, -0.05) is 24.8 Å². The maximum absolute atomic E-state index is 12.6. The van der Waals surface area contributed by atoms with Crippen LogP contribution < -0.4 is 14.5 Å². The SMILES string of the molecule is C=CC(=O)N1CCN(c2nc(OCCN(C)C3S[C@@]3(C)C3CC3)nc3c2CCN(c2cncc4cccc(C)c24)C3)C[C@@H]1CC#N. The van der Waals surface area contributed by atoms with Crippen LogP contribution in [0.5, 0.6) is 6.01 Å². The third-order valence-corrected chi connectivity index (χ3v) is 12.0. The van der Waals surface area contributed by atoms with Crippen LogP contribution in [0.25, 0.3) is 10.8 Å². The van der Waals surface area contributed by atoms with Crippen molar-refractivity contribution in [2.45, 2.75) is 62.2 Å². The number of carbonyl (C=O) groups is 1. The Bertz CT molecular complexity index is 1700. The summed E-state index contributed by atoms with van der Waals surface area (Å²) in [6.07, 6.45) is 8.95. The molecule has 5 heterocycles. The molecule has 0 N–H and O–H groups in total. The number of ether oxygens (including phenoxy) is 1. The van der Waals surface area contributed by atoms with Gasteiger partial charge in [0, 0.05) is 60.0 Å². The smallest absolute Gasteiger partial charge is 0.318 e. The highest BCUT2D eigenvalue weighted by atomic mass is 32.2. The lowest BCUT2D eigenvalue weighted by Gasteiger charge is -2.42. The van der Waals surface area contributed by atoms with Gasteiger partial charge >= 0.3 is 6.01 Å². The molecule has 0 bridgehead atoms. The highest BCUT2D eigenvalue weighted by Crippen LogP contribution is 2.65. The van der Waals surface area contributed by atoms with E-state index >= 15 is 0 Å². The van der Waals surface area contributed by atoms with E-state index in [0.717, 1.165) is 53.6 Å². The predicted octanol–water partition coefficient (Wildman–Crippen LogP) is 4.57. The Balaban J connectivity index is 1.16. The third kappa shape index (κ3) is 5.77. The number of nitriles is 1. The van der Waals surface area contributed by atoms with E-state index in [9.17, 15) is 10.1 Å². The zero-order chi connectivity index (χ0) is 32.0. The molecule has 0 radical (unpaired) electrons. The maximum Gasteiger partial charge on any atom is 0.318 e. The van der Waals surface area contributed by atoms with E-state index in [0.29, 0.717) is 48.9 Å². The minimum atomic E-state index is -0.241. The number of piperazine rings is 1. The summed E-state index contributed by atoms with van der Waals surface area (Å²) in [6.45, 7) is 12.6. The first kappa shape index (κ1) is 30.8. The molecule has 240 valence electrons. The number of hydrogen-bond donors (Lipinski definition) is 0. The van der Waals surface area contributed by atoms with Crippen LogP contribution in [0.2, 0.25) is 0 Å². The topological polar surface area (TPSA) is 102 Å². The van der Waals surface area contributed by atoms with Gasteiger partial charge in [0.15, 0.2) is 0 Å². The van der Waals surface area contributed by atoms with E-state index in [-0.39, 0.29) is 18.4 Å². The van der Waals surface area contributed by atoms with Crippen molar-refractivity contribution in [1.82, 2.24) is 24.8 Å². The summed E-state index contributed by atoms with van der Waals surface area (Å²) in [6, 6.07) is 8.75. The lowest BCUT2D eigenvalue weighted by atomic mass is 10.0. The van der Waals surface area contributed by atoms with Crippen molar-refractivity contribution in [3.8, 4) is 12.1 Å². The number of fused-ring (bicyclic) bond motifs is 2. The van der Waals surface area contributed by atoms with Crippen molar-refractivity contribution >= 4 is 39.9 Å². The highest BCUT2D eigenvalue weighted by Gasteiger charge is 2.61. The first-order valence-electron chi connectivity index (χ1n) is 16.3. The first-order valence-corrected chi connectivity index (χ1v) is 17.2. The fraction of sp³-hybridized carbons (Fsp3) is 0.514. The fourth-order valence-electron chi connectivity index (χ4n) is 7.38. The molecule has 3 aliphatic heterocycles. The van der Waals surface area contributed by atoms with Crippen LogP contribution in [0.1, 0.15) is 43.0 Å². The quantitative estimate of drug-likeness (QED) is 0.232. The maximum atomic E-state index is 12.6. The van der Waals surface area contributed by atoms with Gasteiger partial charge in [-0.15, -0.1) is 11.8 Å². The Kier molecular flexibility index (Phi) is 8.28. The number of pyridine rings is 1. The molecule has 1 saturated carbocycles. The van der Waals surface area contributed by atoms with E-state index in [1.54, 1.807) is 4.90 Å². The summed E-state index contributed by atoms with van der Waals surface area (Å²) < 4.78 is 6.70. The van der Waals surface area contributed by atoms with Crippen molar-refractivity contribution in [2.24, 2.45) is 5.92 Å². The summed E-state index contributed by atoms with van der Waals surface area (Å²) in [5, 5.41) is 12.5. The number of thioether (sulfide) groups is 1. The van der Waals surface area contributed by atoms with Gasteiger partial charge in [0.05, 0.1) is 48.0 Å². The van der Waals surface area contributed by atoms with Crippen molar-refractivity contribution in [1.29, 1.82) is 5.26 Å². The number of carbonyl (C=O) groups excluding carboxylic acids is 1. The van der Waals surface area contributed by atoms with E-state index in [2.05, 4.69) is 83.2 Å². The van der Waals surface area contributed by atoms with Crippen LogP contribution >= 0.6 is 11.8 Å². The number of aromatic nitrogens is 3. The van der Waals surface area contributed by atoms with Crippen molar-refractivity contribution in [3.05, 3.63) is 60.1 Å². The molecule has 10 nitrogen and oxygen atoms in total. The van der Waals surface area contributed by atoms with Gasteiger partial charge in [0.2, 0.25) is 5.91 Å². The number of benzene rings is 1. The molecular formula is C35H42N8O2S. The van der Waals surface area contributed by atoms with Gasteiger partial charge in [-0.05, 0) is 57.7 Å². The molecule has 2 saturated heterocycles. The van der Waals surface area contributed by atoms with Crippen LogP contribution in [-0.4, -0.2) is 93.2 Å². The standard InChI is InChI=1S/C35H42N8O2S/c1-5-30(44)43-16-15-42(21-26(43)11-13-36)32-27-12-14-41(29-20-37-19-24-8-6-7-23(2)31(24)29)22-28(27)38-34(39-32)45-18-17-40(4)33-35(3,46-33)25-9-10-25/h5-8,19-20,25-26,33H,1,9-12,14-18,21-22H2,2-4H3/t26-,33?,35-/m0/s1. The molecule has 2 aromatic heterocycles. The normalized spacial score (nSPS) is 24.1. The van der Waals surface area contributed by atoms with Crippen molar-refractivity contribution < 1.29 is 9.53 Å². The summed E-state index contributed by atoms with van der Waals surface area (Å²) >= 11 is 2.08. The third-order valence-electron chi connectivity index (χ3n) is 10.2. The Morgan fingerprint density at radius 2 is 2.09 bits per heavy atom. The van der Waals surface area contributed by atoms with E-state index < -0.39 is 0 Å². The van der Waals surface area contributed by atoms with Gasteiger partial charge in [0.1, 0.15) is 12.4 Å². The second kappa shape index (κ2) is 12.4. The van der Waals surface area contributed by atoms with Crippen LogP contribution in [0.4, 0.5) is 11.5 Å². The zero-order valence-corrected chi connectivity index (χ0v) is 27.8. The van der Waals surface area contributed by atoms with Crippen LogP contribution in [0.15, 0.2) is 43.2 Å². The molecule has 3 atom stereocenters. The number of hydrogen-bond acceptors (Lipinski definition) is 10. The van der Waals surface area contributed by atoms with Gasteiger partial charge in [-0.25, -0.2) is 0 Å². The number of rotatable bonds is 10. The number of nitrogens with zero attached hydrogens (tertiary/aromatic N) is 8. The van der Waals surface area contributed by atoms with E-state index in [1.807, 2.05) is 12.4 Å². The van der Waals surface area contributed by atoms with E-state index in [4.69, 9.17) is 14.7 Å². The van der Waals surface area contributed by atoms with Crippen molar-refractivity contribution in [2.75, 3.05) is 56.2 Å². The zero-order valence-electron chi connectivity index (χ0n) is 27.0. The van der Waals surface area contributed by atoms with Crippen molar-refractivity contribution in [3.63, 3.8) is 0 Å². The highest BCUT2D eigenvalue weighted by molar-refractivity contribution is 8.08. The number of aryl methyl sites for hydroxylation is 1.